The Balaban J connectivity index is 2.20. The van der Waals surface area contributed by atoms with Gasteiger partial charge in [0.1, 0.15) is 11.9 Å². The van der Waals surface area contributed by atoms with Crippen molar-refractivity contribution in [1.82, 2.24) is 5.32 Å². The highest BCUT2D eigenvalue weighted by molar-refractivity contribution is 7.99. The second-order valence-electron chi connectivity index (χ2n) is 3.44. The van der Waals surface area contributed by atoms with Crippen molar-refractivity contribution in [1.29, 1.82) is 0 Å². The summed E-state index contributed by atoms with van der Waals surface area (Å²) in [5, 5.41) is 11.7. The van der Waals surface area contributed by atoms with Crippen molar-refractivity contribution in [2.45, 2.75) is 11.4 Å². The Morgan fingerprint density at radius 3 is 3.00 bits per heavy atom. The van der Waals surface area contributed by atoms with E-state index < -0.39 is 12.0 Å². The number of benzene rings is 1. The average molecular weight is 262 g/mol. The van der Waals surface area contributed by atoms with Crippen LogP contribution in [0, 0.1) is 5.82 Å². The Labute approximate surface area is 101 Å². The number of hydrogen-bond acceptors (Lipinski definition) is 3. The molecule has 0 aromatic heterocycles. The SMILES string of the molecule is O=C(O)[C@H]1CSC(c2cc(Cl)ccc2F)N1. The third-order valence-corrected chi connectivity index (χ3v) is 3.80. The molecule has 1 fully saturated rings. The van der Waals surface area contributed by atoms with E-state index in [1.54, 1.807) is 0 Å². The summed E-state index contributed by atoms with van der Waals surface area (Å²) >= 11 is 7.14. The van der Waals surface area contributed by atoms with Crippen LogP contribution in [0.25, 0.3) is 0 Å². The van der Waals surface area contributed by atoms with E-state index in [-0.39, 0.29) is 11.2 Å². The van der Waals surface area contributed by atoms with E-state index in [1.807, 2.05) is 0 Å². The molecular weight excluding hydrogens is 253 g/mol. The summed E-state index contributed by atoms with van der Waals surface area (Å²) in [6, 6.07) is 3.64. The normalized spacial score (nSPS) is 24.6. The number of thioether (sulfide) groups is 1. The molecule has 0 saturated carbocycles. The first kappa shape index (κ1) is 11.7. The highest BCUT2D eigenvalue weighted by Gasteiger charge is 2.31. The van der Waals surface area contributed by atoms with Crippen LogP contribution >= 0.6 is 23.4 Å². The molecule has 0 radical (unpaired) electrons. The molecule has 0 spiro atoms. The van der Waals surface area contributed by atoms with Crippen LogP contribution in [0.3, 0.4) is 0 Å². The van der Waals surface area contributed by atoms with Gasteiger partial charge in [0.05, 0.1) is 5.37 Å². The fourth-order valence-corrected chi connectivity index (χ4v) is 2.93. The summed E-state index contributed by atoms with van der Waals surface area (Å²) in [6.07, 6.45) is 0. The number of rotatable bonds is 2. The van der Waals surface area contributed by atoms with Gasteiger partial charge in [0.2, 0.25) is 0 Å². The van der Waals surface area contributed by atoms with Gasteiger partial charge in [-0.25, -0.2) is 4.39 Å². The molecular formula is C10H9ClFNO2S. The van der Waals surface area contributed by atoms with Crippen molar-refractivity contribution >= 4 is 29.3 Å². The van der Waals surface area contributed by atoms with Crippen molar-refractivity contribution in [3.05, 3.63) is 34.6 Å². The molecule has 86 valence electrons. The van der Waals surface area contributed by atoms with Gasteiger partial charge >= 0.3 is 5.97 Å². The Bertz CT molecular complexity index is 429. The molecule has 1 aliphatic rings. The average Bonchev–Trinajstić information content (AvgIpc) is 2.70. The molecule has 2 N–H and O–H groups in total. The molecule has 1 saturated heterocycles. The Hall–Kier alpha value is -0.780. The van der Waals surface area contributed by atoms with Crippen LogP contribution in [0.2, 0.25) is 5.02 Å². The number of carbonyl (C=O) groups is 1. The number of aliphatic carboxylic acids is 1. The zero-order valence-electron chi connectivity index (χ0n) is 8.11. The van der Waals surface area contributed by atoms with E-state index in [2.05, 4.69) is 5.32 Å². The van der Waals surface area contributed by atoms with Crippen LogP contribution in [0.1, 0.15) is 10.9 Å². The number of carboxylic acids is 1. The molecule has 2 rings (SSSR count). The third-order valence-electron chi connectivity index (χ3n) is 2.32. The summed E-state index contributed by atoms with van der Waals surface area (Å²) in [5.74, 6) is -0.871. The second kappa shape index (κ2) is 4.61. The number of carboxylic acid groups (broad SMARTS) is 1. The predicted molar refractivity (Wildman–Crippen MR) is 61.2 cm³/mol. The minimum atomic E-state index is -0.919. The predicted octanol–water partition coefficient (Wildman–Crippen LogP) is 2.27. The van der Waals surface area contributed by atoms with Gasteiger partial charge in [0.15, 0.2) is 0 Å². The van der Waals surface area contributed by atoms with E-state index in [9.17, 15) is 9.18 Å². The van der Waals surface area contributed by atoms with Crippen molar-refractivity contribution in [3.8, 4) is 0 Å². The van der Waals surface area contributed by atoms with E-state index in [0.717, 1.165) is 0 Å². The summed E-state index contributed by atoms with van der Waals surface area (Å²) in [5.41, 5.74) is 0.404. The Kier molecular flexibility index (Phi) is 3.37. The summed E-state index contributed by atoms with van der Waals surface area (Å²) in [4.78, 5) is 10.7. The molecule has 0 bridgehead atoms. The molecule has 1 heterocycles. The molecule has 1 unspecified atom stereocenters. The third kappa shape index (κ3) is 2.31. The number of nitrogens with one attached hydrogen (secondary N) is 1. The standard InChI is InChI=1S/C10H9ClFNO2S/c11-5-1-2-7(12)6(3-5)9-13-8(4-16-9)10(14)15/h1-3,8-9,13H,4H2,(H,14,15)/t8-,9?/m1/s1. The maximum absolute atomic E-state index is 13.5. The molecule has 0 amide bonds. The highest BCUT2D eigenvalue weighted by atomic mass is 35.5. The summed E-state index contributed by atoms with van der Waals surface area (Å²) in [6.45, 7) is 0. The van der Waals surface area contributed by atoms with Gasteiger partial charge in [-0.15, -0.1) is 11.8 Å². The summed E-state index contributed by atoms with van der Waals surface area (Å²) < 4.78 is 13.5. The molecule has 1 aliphatic heterocycles. The van der Waals surface area contributed by atoms with Crippen LogP contribution in [0.4, 0.5) is 4.39 Å². The van der Waals surface area contributed by atoms with E-state index in [0.29, 0.717) is 16.3 Å². The van der Waals surface area contributed by atoms with Gasteiger partial charge in [0, 0.05) is 16.3 Å². The van der Waals surface area contributed by atoms with Gasteiger partial charge < -0.3 is 5.11 Å². The van der Waals surface area contributed by atoms with Crippen LogP contribution in [0.15, 0.2) is 18.2 Å². The minimum Gasteiger partial charge on any atom is -0.480 e. The lowest BCUT2D eigenvalue weighted by Crippen LogP contribution is -2.33. The quantitative estimate of drug-likeness (QED) is 0.858. The molecule has 3 nitrogen and oxygen atoms in total. The largest absolute Gasteiger partial charge is 0.480 e. The fourth-order valence-electron chi connectivity index (χ4n) is 1.51. The van der Waals surface area contributed by atoms with Gasteiger partial charge in [-0.1, -0.05) is 11.6 Å². The minimum absolute atomic E-state index is 0.347. The summed E-state index contributed by atoms with van der Waals surface area (Å²) in [7, 11) is 0. The van der Waals surface area contributed by atoms with Crippen molar-refractivity contribution < 1.29 is 14.3 Å². The van der Waals surface area contributed by atoms with Crippen LogP contribution in [-0.4, -0.2) is 22.9 Å². The number of hydrogen-bond donors (Lipinski definition) is 2. The second-order valence-corrected chi connectivity index (χ2v) is 5.01. The van der Waals surface area contributed by atoms with E-state index in [1.165, 1.54) is 30.0 Å². The maximum Gasteiger partial charge on any atom is 0.321 e. The number of halogens is 2. The zero-order valence-corrected chi connectivity index (χ0v) is 9.69. The van der Waals surface area contributed by atoms with Gasteiger partial charge in [-0.2, -0.15) is 0 Å². The molecule has 6 heteroatoms. The van der Waals surface area contributed by atoms with Gasteiger partial charge in [-0.05, 0) is 18.2 Å². The van der Waals surface area contributed by atoms with Crippen molar-refractivity contribution in [3.63, 3.8) is 0 Å². The maximum atomic E-state index is 13.5. The van der Waals surface area contributed by atoms with Gasteiger partial charge in [-0.3, -0.25) is 10.1 Å². The fraction of sp³-hybridized carbons (Fsp3) is 0.300. The van der Waals surface area contributed by atoms with Crippen LogP contribution in [-0.2, 0) is 4.79 Å². The Morgan fingerprint density at radius 1 is 1.62 bits per heavy atom. The molecule has 1 aromatic carbocycles. The highest BCUT2D eigenvalue weighted by Crippen LogP contribution is 2.35. The lowest BCUT2D eigenvalue weighted by molar-refractivity contribution is -0.138. The molecule has 16 heavy (non-hydrogen) atoms. The first-order chi connectivity index (χ1) is 7.58. The van der Waals surface area contributed by atoms with Crippen molar-refractivity contribution in [2.24, 2.45) is 0 Å². The Morgan fingerprint density at radius 2 is 2.38 bits per heavy atom. The molecule has 1 aromatic rings. The lowest BCUT2D eigenvalue weighted by atomic mass is 10.2. The monoisotopic (exact) mass is 261 g/mol. The lowest BCUT2D eigenvalue weighted by Gasteiger charge is -2.12. The molecule has 0 aliphatic carbocycles. The smallest absolute Gasteiger partial charge is 0.321 e. The topological polar surface area (TPSA) is 49.3 Å². The zero-order chi connectivity index (χ0) is 11.7. The van der Waals surface area contributed by atoms with Crippen molar-refractivity contribution in [2.75, 3.05) is 5.75 Å². The van der Waals surface area contributed by atoms with E-state index in [4.69, 9.17) is 16.7 Å². The van der Waals surface area contributed by atoms with Gasteiger partial charge in [0.25, 0.3) is 0 Å². The first-order valence-electron chi connectivity index (χ1n) is 4.63. The molecule has 2 atom stereocenters. The first-order valence-corrected chi connectivity index (χ1v) is 6.06. The van der Waals surface area contributed by atoms with E-state index >= 15 is 0 Å². The van der Waals surface area contributed by atoms with Crippen LogP contribution in [0.5, 0.6) is 0 Å². The van der Waals surface area contributed by atoms with Crippen LogP contribution < -0.4 is 5.32 Å².